The molecule has 0 unspecified atom stereocenters. The van der Waals surface area contributed by atoms with E-state index >= 15 is 0 Å². The molecule has 4 rings (SSSR count). The summed E-state index contributed by atoms with van der Waals surface area (Å²) in [6.45, 7) is 0. The summed E-state index contributed by atoms with van der Waals surface area (Å²) in [4.78, 5) is 4.43. The van der Waals surface area contributed by atoms with Gasteiger partial charge in [-0.05, 0) is 35.9 Å². The van der Waals surface area contributed by atoms with Crippen LogP contribution in [0.2, 0.25) is 0 Å². The Labute approximate surface area is 174 Å². The molecule has 6 nitrogen and oxygen atoms in total. The Hall–Kier alpha value is -4.24. The van der Waals surface area contributed by atoms with Crippen molar-refractivity contribution in [3.8, 4) is 23.3 Å². The van der Waals surface area contributed by atoms with Crippen molar-refractivity contribution in [3.63, 3.8) is 0 Å². The highest BCUT2D eigenvalue weighted by Gasteiger charge is 2.31. The molecule has 1 aliphatic heterocycles. The Morgan fingerprint density at radius 1 is 1.13 bits per heavy atom. The number of benzene rings is 3. The average Bonchev–Trinajstić information content (AvgIpc) is 2.78. The molecule has 0 amide bonds. The first-order valence-electron chi connectivity index (χ1n) is 9.28. The van der Waals surface area contributed by atoms with Gasteiger partial charge in [-0.15, -0.1) is 0 Å². The lowest BCUT2D eigenvalue weighted by Crippen LogP contribution is -2.21. The van der Waals surface area contributed by atoms with Crippen LogP contribution in [-0.2, 0) is 0 Å². The SMILES string of the molecule is COc1ccc(N=Cc2cc3c(cc2O)OC(N)=C(C#N)[C@@H]3c2ccccc2)cc1. The minimum Gasteiger partial charge on any atom is -0.507 e. The van der Waals surface area contributed by atoms with E-state index in [0.717, 1.165) is 16.9 Å². The predicted octanol–water partition coefficient (Wildman–Crippen LogP) is 4.37. The molecular formula is C24H19N3O3. The van der Waals surface area contributed by atoms with E-state index in [4.69, 9.17) is 15.2 Å². The van der Waals surface area contributed by atoms with Crippen LogP contribution >= 0.6 is 0 Å². The molecule has 0 saturated carbocycles. The van der Waals surface area contributed by atoms with E-state index in [2.05, 4.69) is 11.1 Å². The zero-order valence-corrected chi connectivity index (χ0v) is 16.2. The van der Waals surface area contributed by atoms with Crippen molar-refractivity contribution < 1.29 is 14.6 Å². The Kier molecular flexibility index (Phi) is 5.10. The topological polar surface area (TPSA) is 101 Å². The van der Waals surface area contributed by atoms with Crippen LogP contribution in [0.3, 0.4) is 0 Å². The molecule has 148 valence electrons. The molecule has 0 saturated heterocycles. The van der Waals surface area contributed by atoms with Gasteiger partial charge in [0.05, 0.1) is 18.7 Å². The first-order valence-corrected chi connectivity index (χ1v) is 9.28. The van der Waals surface area contributed by atoms with Crippen molar-refractivity contribution in [2.24, 2.45) is 10.7 Å². The summed E-state index contributed by atoms with van der Waals surface area (Å²) in [5, 5.41) is 20.2. The van der Waals surface area contributed by atoms with Crippen LogP contribution in [0.25, 0.3) is 0 Å². The molecule has 3 aromatic carbocycles. The quantitative estimate of drug-likeness (QED) is 0.637. The second-order valence-corrected chi connectivity index (χ2v) is 6.74. The zero-order chi connectivity index (χ0) is 21.1. The predicted molar refractivity (Wildman–Crippen MR) is 114 cm³/mol. The van der Waals surface area contributed by atoms with Gasteiger partial charge >= 0.3 is 0 Å². The summed E-state index contributed by atoms with van der Waals surface area (Å²) in [7, 11) is 1.60. The molecule has 0 spiro atoms. The van der Waals surface area contributed by atoms with Crippen LogP contribution < -0.4 is 15.2 Å². The van der Waals surface area contributed by atoms with Gasteiger partial charge in [0, 0.05) is 23.4 Å². The van der Waals surface area contributed by atoms with E-state index in [1.54, 1.807) is 19.4 Å². The number of hydrogen-bond acceptors (Lipinski definition) is 6. The molecule has 30 heavy (non-hydrogen) atoms. The number of methoxy groups -OCH3 is 1. The summed E-state index contributed by atoms with van der Waals surface area (Å²) in [5.41, 5.74) is 9.19. The third-order valence-corrected chi connectivity index (χ3v) is 4.92. The number of aromatic hydroxyl groups is 1. The maximum absolute atomic E-state index is 10.5. The first-order chi connectivity index (χ1) is 14.6. The summed E-state index contributed by atoms with van der Waals surface area (Å²) < 4.78 is 10.8. The van der Waals surface area contributed by atoms with Crippen molar-refractivity contribution in [2.45, 2.75) is 5.92 Å². The number of nitriles is 1. The minimum absolute atomic E-state index is 0.00558. The van der Waals surface area contributed by atoms with Gasteiger partial charge in [-0.25, -0.2) is 0 Å². The largest absolute Gasteiger partial charge is 0.507 e. The number of nitrogens with two attached hydrogens (primary N) is 1. The molecule has 3 aromatic rings. The number of fused-ring (bicyclic) bond motifs is 1. The summed E-state index contributed by atoms with van der Waals surface area (Å²) >= 11 is 0. The Morgan fingerprint density at radius 2 is 1.87 bits per heavy atom. The van der Waals surface area contributed by atoms with Crippen LogP contribution in [0.15, 0.2) is 83.2 Å². The average molecular weight is 397 g/mol. The fourth-order valence-electron chi connectivity index (χ4n) is 3.42. The second kappa shape index (κ2) is 8.02. The number of allylic oxidation sites excluding steroid dienone is 1. The van der Waals surface area contributed by atoms with Crippen molar-refractivity contribution in [1.29, 1.82) is 5.26 Å². The molecule has 1 atom stereocenters. The third-order valence-electron chi connectivity index (χ3n) is 4.92. The van der Waals surface area contributed by atoms with Gasteiger partial charge in [0.2, 0.25) is 5.88 Å². The monoisotopic (exact) mass is 397 g/mol. The maximum atomic E-state index is 10.5. The van der Waals surface area contributed by atoms with Crippen molar-refractivity contribution >= 4 is 11.9 Å². The van der Waals surface area contributed by atoms with Gasteiger partial charge < -0.3 is 20.3 Å². The standard InChI is InChI=1S/C24H19N3O3/c1-29-18-9-7-17(8-10-18)27-14-16-11-19-22(12-21(16)28)30-24(26)20(13-25)23(19)15-5-3-2-4-6-15/h2-12,14,23,28H,26H2,1H3/t23-/m1/s1. The van der Waals surface area contributed by atoms with Gasteiger partial charge in [0.1, 0.15) is 28.9 Å². The number of aliphatic imine (C=N–C) groups is 1. The third kappa shape index (κ3) is 3.56. The molecule has 1 heterocycles. The molecule has 0 radical (unpaired) electrons. The lowest BCUT2D eigenvalue weighted by Gasteiger charge is -2.27. The highest BCUT2D eigenvalue weighted by atomic mass is 16.5. The highest BCUT2D eigenvalue weighted by Crippen LogP contribution is 2.44. The van der Waals surface area contributed by atoms with E-state index in [1.165, 1.54) is 6.07 Å². The summed E-state index contributed by atoms with van der Waals surface area (Å²) in [6.07, 6.45) is 1.58. The van der Waals surface area contributed by atoms with E-state index in [1.807, 2.05) is 54.6 Å². The van der Waals surface area contributed by atoms with Gasteiger partial charge in [-0.2, -0.15) is 5.26 Å². The van der Waals surface area contributed by atoms with Crippen molar-refractivity contribution in [3.05, 3.63) is 94.9 Å². The van der Waals surface area contributed by atoms with Crippen LogP contribution in [0.5, 0.6) is 17.2 Å². The van der Waals surface area contributed by atoms with E-state index in [0.29, 0.717) is 22.6 Å². The maximum Gasteiger partial charge on any atom is 0.205 e. The second-order valence-electron chi connectivity index (χ2n) is 6.74. The van der Waals surface area contributed by atoms with Crippen LogP contribution in [-0.4, -0.2) is 18.4 Å². The van der Waals surface area contributed by atoms with Crippen molar-refractivity contribution in [1.82, 2.24) is 0 Å². The number of rotatable bonds is 4. The van der Waals surface area contributed by atoms with E-state index in [9.17, 15) is 10.4 Å². The first kappa shape index (κ1) is 19.1. The van der Waals surface area contributed by atoms with Gasteiger partial charge in [0.15, 0.2) is 0 Å². The van der Waals surface area contributed by atoms with Crippen LogP contribution in [0.4, 0.5) is 5.69 Å². The Bertz CT molecular complexity index is 1180. The number of ether oxygens (including phenoxy) is 2. The Morgan fingerprint density at radius 3 is 2.53 bits per heavy atom. The molecular weight excluding hydrogens is 378 g/mol. The molecule has 6 heteroatoms. The Balaban J connectivity index is 1.77. The number of hydrogen-bond donors (Lipinski definition) is 2. The number of nitrogens with zero attached hydrogens (tertiary/aromatic N) is 2. The highest BCUT2D eigenvalue weighted by molar-refractivity contribution is 5.86. The van der Waals surface area contributed by atoms with E-state index < -0.39 is 5.92 Å². The lowest BCUT2D eigenvalue weighted by molar-refractivity contribution is 0.388. The number of phenolic OH excluding ortho intramolecular Hbond substituents is 1. The van der Waals surface area contributed by atoms with Gasteiger partial charge in [-0.3, -0.25) is 4.99 Å². The fourth-order valence-corrected chi connectivity index (χ4v) is 3.42. The molecule has 0 aliphatic carbocycles. The minimum atomic E-state index is -0.395. The number of phenols is 1. The van der Waals surface area contributed by atoms with Gasteiger partial charge in [0.25, 0.3) is 0 Å². The normalized spacial score (nSPS) is 15.4. The smallest absolute Gasteiger partial charge is 0.205 e. The summed E-state index contributed by atoms with van der Waals surface area (Å²) in [5.74, 6) is 0.805. The lowest BCUT2D eigenvalue weighted by atomic mass is 9.83. The molecule has 3 N–H and O–H groups in total. The molecule has 0 bridgehead atoms. The fraction of sp³-hybridized carbons (Fsp3) is 0.0833. The van der Waals surface area contributed by atoms with Crippen molar-refractivity contribution in [2.75, 3.05) is 7.11 Å². The van der Waals surface area contributed by atoms with Crippen LogP contribution in [0, 0.1) is 11.3 Å². The molecule has 0 fully saturated rings. The van der Waals surface area contributed by atoms with Crippen LogP contribution in [0.1, 0.15) is 22.6 Å². The summed E-state index contributed by atoms with van der Waals surface area (Å²) in [6, 6.07) is 22.3. The zero-order valence-electron chi connectivity index (χ0n) is 16.2. The molecule has 1 aliphatic rings. The van der Waals surface area contributed by atoms with Gasteiger partial charge in [-0.1, -0.05) is 30.3 Å². The van der Waals surface area contributed by atoms with E-state index in [-0.39, 0.29) is 11.6 Å². The molecule has 0 aromatic heterocycles.